The van der Waals surface area contributed by atoms with E-state index >= 15 is 0 Å². The Kier molecular flexibility index (Phi) is 5.26. The van der Waals surface area contributed by atoms with Gasteiger partial charge in [-0.1, -0.05) is 6.92 Å². The van der Waals surface area contributed by atoms with E-state index in [0.717, 1.165) is 15.6 Å². The van der Waals surface area contributed by atoms with E-state index < -0.39 is 27.9 Å². The first-order chi connectivity index (χ1) is 9.20. The molecular formula is C11H15NO6S2. The summed E-state index contributed by atoms with van der Waals surface area (Å²) in [6.07, 6.45) is 0. The standard InChI is InChI=1S/C11H15NO6S2/c1-7(10(13)14)6-12(2)20(16,17)9-5-4-8(19-9)11(15)18-3/h4-5,7H,6H2,1-3H3,(H,13,14). The zero-order valence-electron chi connectivity index (χ0n) is 11.2. The van der Waals surface area contributed by atoms with Crippen LogP contribution in [-0.4, -0.2) is 50.5 Å². The van der Waals surface area contributed by atoms with E-state index in [2.05, 4.69) is 4.74 Å². The molecule has 0 fully saturated rings. The summed E-state index contributed by atoms with van der Waals surface area (Å²) in [5.41, 5.74) is 0. The second-order valence-electron chi connectivity index (χ2n) is 4.14. The van der Waals surface area contributed by atoms with Crippen molar-refractivity contribution in [1.29, 1.82) is 0 Å². The lowest BCUT2D eigenvalue weighted by Gasteiger charge is -2.18. The fourth-order valence-electron chi connectivity index (χ4n) is 1.38. The minimum Gasteiger partial charge on any atom is -0.481 e. The number of rotatable bonds is 6. The van der Waals surface area contributed by atoms with Crippen molar-refractivity contribution in [3.63, 3.8) is 0 Å². The van der Waals surface area contributed by atoms with E-state index in [4.69, 9.17) is 5.11 Å². The molecule has 112 valence electrons. The van der Waals surface area contributed by atoms with Crippen molar-refractivity contribution in [1.82, 2.24) is 4.31 Å². The maximum absolute atomic E-state index is 12.2. The molecule has 0 saturated carbocycles. The number of carboxylic acid groups (broad SMARTS) is 1. The maximum Gasteiger partial charge on any atom is 0.348 e. The molecule has 0 spiro atoms. The molecule has 9 heteroatoms. The third-order valence-electron chi connectivity index (χ3n) is 2.59. The number of carbonyl (C=O) groups excluding carboxylic acids is 1. The normalized spacial score (nSPS) is 13.2. The number of hydrogen-bond donors (Lipinski definition) is 1. The molecule has 1 unspecified atom stereocenters. The molecule has 0 amide bonds. The van der Waals surface area contributed by atoms with E-state index in [1.54, 1.807) is 0 Å². The summed E-state index contributed by atoms with van der Waals surface area (Å²) in [6.45, 7) is 1.27. The minimum atomic E-state index is -3.81. The van der Waals surface area contributed by atoms with Gasteiger partial charge in [-0.25, -0.2) is 13.2 Å². The van der Waals surface area contributed by atoms with Crippen molar-refractivity contribution in [2.45, 2.75) is 11.1 Å². The Labute approximate surface area is 120 Å². The van der Waals surface area contributed by atoms with E-state index in [9.17, 15) is 18.0 Å². The summed E-state index contributed by atoms with van der Waals surface area (Å²) in [4.78, 5) is 22.2. The van der Waals surface area contributed by atoms with Crippen LogP contribution in [-0.2, 0) is 19.6 Å². The molecule has 1 atom stereocenters. The summed E-state index contributed by atoms with van der Waals surface area (Å²) in [5, 5.41) is 8.80. The van der Waals surface area contributed by atoms with Crippen LogP contribution >= 0.6 is 11.3 Å². The molecule has 0 radical (unpaired) electrons. The molecule has 0 aliphatic heterocycles. The van der Waals surface area contributed by atoms with Crippen LogP contribution in [0.3, 0.4) is 0 Å². The third kappa shape index (κ3) is 3.56. The Morgan fingerprint density at radius 2 is 2.05 bits per heavy atom. The van der Waals surface area contributed by atoms with Crippen molar-refractivity contribution in [3.8, 4) is 0 Å². The second-order valence-corrected chi connectivity index (χ2v) is 7.49. The zero-order valence-corrected chi connectivity index (χ0v) is 12.8. The lowest BCUT2D eigenvalue weighted by atomic mass is 10.2. The second kappa shape index (κ2) is 6.33. The van der Waals surface area contributed by atoms with Gasteiger partial charge in [0.15, 0.2) is 0 Å². The number of hydrogen-bond acceptors (Lipinski definition) is 6. The van der Waals surface area contributed by atoms with Crippen LogP contribution in [0.25, 0.3) is 0 Å². The fourth-order valence-corrected chi connectivity index (χ4v) is 4.08. The number of carbonyl (C=O) groups is 2. The first kappa shape index (κ1) is 16.6. The van der Waals surface area contributed by atoms with Crippen LogP contribution in [0.4, 0.5) is 0 Å². The molecule has 0 aliphatic rings. The molecule has 20 heavy (non-hydrogen) atoms. The van der Waals surface area contributed by atoms with Crippen molar-refractivity contribution < 1.29 is 27.9 Å². The van der Waals surface area contributed by atoms with Crippen molar-refractivity contribution >= 4 is 33.3 Å². The van der Waals surface area contributed by atoms with Crippen LogP contribution in [0.15, 0.2) is 16.3 Å². The number of aliphatic carboxylic acids is 1. The zero-order chi connectivity index (χ0) is 15.5. The number of nitrogens with zero attached hydrogens (tertiary/aromatic N) is 1. The summed E-state index contributed by atoms with van der Waals surface area (Å²) < 4.78 is 29.8. The lowest BCUT2D eigenvalue weighted by Crippen LogP contribution is -2.33. The molecule has 1 aromatic rings. The Morgan fingerprint density at radius 3 is 2.55 bits per heavy atom. The molecule has 0 aromatic carbocycles. The molecule has 1 N–H and O–H groups in total. The van der Waals surface area contributed by atoms with Gasteiger partial charge in [0, 0.05) is 13.6 Å². The fraction of sp³-hybridized carbons (Fsp3) is 0.455. The maximum atomic E-state index is 12.2. The van der Waals surface area contributed by atoms with Gasteiger partial charge in [0.1, 0.15) is 9.09 Å². The highest BCUT2D eigenvalue weighted by Gasteiger charge is 2.27. The van der Waals surface area contributed by atoms with Crippen LogP contribution < -0.4 is 0 Å². The predicted molar refractivity (Wildman–Crippen MR) is 72.3 cm³/mol. The molecule has 1 aromatic heterocycles. The molecular weight excluding hydrogens is 306 g/mol. The monoisotopic (exact) mass is 321 g/mol. The van der Waals surface area contributed by atoms with Gasteiger partial charge in [0.2, 0.25) is 0 Å². The minimum absolute atomic E-state index is 0.0296. The lowest BCUT2D eigenvalue weighted by molar-refractivity contribution is -0.141. The largest absolute Gasteiger partial charge is 0.481 e. The van der Waals surface area contributed by atoms with Crippen molar-refractivity contribution in [2.75, 3.05) is 20.7 Å². The highest BCUT2D eigenvalue weighted by Crippen LogP contribution is 2.25. The highest BCUT2D eigenvalue weighted by molar-refractivity contribution is 7.91. The van der Waals surface area contributed by atoms with Gasteiger partial charge in [0.25, 0.3) is 10.0 Å². The van der Waals surface area contributed by atoms with E-state index in [1.807, 2.05) is 0 Å². The molecule has 1 heterocycles. The van der Waals surface area contributed by atoms with Gasteiger partial charge >= 0.3 is 11.9 Å². The topological polar surface area (TPSA) is 101 Å². The third-order valence-corrected chi connectivity index (χ3v) is 5.94. The number of carboxylic acids is 1. The Hall–Kier alpha value is -1.45. The van der Waals surface area contributed by atoms with E-state index in [1.165, 1.54) is 33.2 Å². The van der Waals surface area contributed by atoms with Gasteiger partial charge in [-0.05, 0) is 12.1 Å². The summed E-state index contributed by atoms with van der Waals surface area (Å²) in [7, 11) is -1.30. The smallest absolute Gasteiger partial charge is 0.348 e. The number of ether oxygens (including phenoxy) is 1. The highest BCUT2D eigenvalue weighted by atomic mass is 32.2. The van der Waals surface area contributed by atoms with Crippen LogP contribution in [0.5, 0.6) is 0 Å². The van der Waals surface area contributed by atoms with Gasteiger partial charge < -0.3 is 9.84 Å². The van der Waals surface area contributed by atoms with Crippen molar-refractivity contribution in [3.05, 3.63) is 17.0 Å². The van der Waals surface area contributed by atoms with E-state index in [0.29, 0.717) is 0 Å². The summed E-state index contributed by atoms with van der Waals surface area (Å²) in [6, 6.07) is 2.66. The Bertz CT molecular complexity index is 606. The number of esters is 1. The molecule has 1 rings (SSSR count). The SMILES string of the molecule is COC(=O)c1ccc(S(=O)(=O)N(C)CC(C)C(=O)O)s1. The van der Waals surface area contributed by atoms with Gasteiger partial charge in [-0.15, -0.1) is 11.3 Å². The average molecular weight is 321 g/mol. The number of thiophene rings is 1. The van der Waals surface area contributed by atoms with Gasteiger partial charge in [-0.3, -0.25) is 4.79 Å². The van der Waals surface area contributed by atoms with Gasteiger partial charge in [-0.2, -0.15) is 4.31 Å². The summed E-state index contributed by atoms with van der Waals surface area (Å²) >= 11 is 0.785. The van der Waals surface area contributed by atoms with Crippen LogP contribution in [0.1, 0.15) is 16.6 Å². The summed E-state index contributed by atoms with van der Waals surface area (Å²) in [5.74, 6) is -2.51. The van der Waals surface area contributed by atoms with Crippen molar-refractivity contribution in [2.24, 2.45) is 5.92 Å². The molecule has 0 bridgehead atoms. The van der Waals surface area contributed by atoms with Crippen LogP contribution in [0.2, 0.25) is 0 Å². The Morgan fingerprint density at radius 1 is 1.45 bits per heavy atom. The number of sulfonamides is 1. The predicted octanol–water partition coefficient (Wildman–Crippen LogP) is 0.876. The first-order valence-electron chi connectivity index (χ1n) is 5.57. The molecule has 7 nitrogen and oxygen atoms in total. The van der Waals surface area contributed by atoms with Gasteiger partial charge in [0.05, 0.1) is 13.0 Å². The molecule has 0 aliphatic carbocycles. The molecule has 0 saturated heterocycles. The quantitative estimate of drug-likeness (QED) is 0.780. The van der Waals surface area contributed by atoms with E-state index in [-0.39, 0.29) is 15.6 Å². The first-order valence-corrected chi connectivity index (χ1v) is 7.83. The average Bonchev–Trinajstić information content (AvgIpc) is 2.87. The Balaban J connectivity index is 2.96. The van der Waals surface area contributed by atoms with Crippen LogP contribution in [0, 0.1) is 5.92 Å². The number of methoxy groups -OCH3 is 1.